The lowest BCUT2D eigenvalue weighted by atomic mass is 10.0. The number of fused-ring (bicyclic) bond motifs is 1. The summed E-state index contributed by atoms with van der Waals surface area (Å²) in [6, 6.07) is 18.8. The number of aromatic nitrogens is 5. The molecule has 6 rings (SSSR count). The molecule has 5 aromatic rings. The molecule has 1 N–H and O–H groups in total. The van der Waals surface area contributed by atoms with Crippen molar-refractivity contribution in [3.8, 4) is 0 Å². The summed E-state index contributed by atoms with van der Waals surface area (Å²) in [6.45, 7) is 4.05. The van der Waals surface area contributed by atoms with E-state index in [0.717, 1.165) is 47.2 Å². The van der Waals surface area contributed by atoms with Crippen molar-refractivity contribution >= 4 is 22.5 Å². The fourth-order valence-corrected chi connectivity index (χ4v) is 5.50. The Hall–Kier alpha value is -3.79. The Kier molecular flexibility index (Phi) is 7.28. The van der Waals surface area contributed by atoms with Crippen molar-refractivity contribution < 1.29 is 9.15 Å². The first-order valence-electron chi connectivity index (χ1n) is 13.1. The summed E-state index contributed by atoms with van der Waals surface area (Å²) in [5.74, 6) is 1.31. The van der Waals surface area contributed by atoms with Crippen molar-refractivity contribution in [3.05, 3.63) is 111 Å². The predicted molar refractivity (Wildman–Crippen MR) is 147 cm³/mol. The second-order valence-electron chi connectivity index (χ2n) is 9.93. The van der Waals surface area contributed by atoms with Crippen molar-refractivity contribution in [1.82, 2.24) is 30.1 Å². The van der Waals surface area contributed by atoms with E-state index in [4.69, 9.17) is 20.8 Å². The molecule has 4 heterocycles. The molecule has 0 aliphatic carbocycles. The quantitative estimate of drug-likeness (QED) is 0.277. The third-order valence-corrected chi connectivity index (χ3v) is 7.62. The number of hydrogen-bond donors (Lipinski definition) is 1. The van der Waals surface area contributed by atoms with Gasteiger partial charge >= 0.3 is 0 Å². The lowest BCUT2D eigenvalue weighted by Gasteiger charge is -2.31. The van der Waals surface area contributed by atoms with E-state index in [-0.39, 0.29) is 11.7 Å². The molecule has 1 aliphatic heterocycles. The highest BCUT2D eigenvalue weighted by Gasteiger charge is 2.33. The fourth-order valence-electron chi connectivity index (χ4n) is 5.31. The van der Waals surface area contributed by atoms with Crippen molar-refractivity contribution in [3.63, 3.8) is 0 Å². The maximum Gasteiger partial charge on any atom is 0.253 e. The van der Waals surface area contributed by atoms with Crippen LogP contribution < -0.4 is 5.56 Å². The van der Waals surface area contributed by atoms with Crippen LogP contribution in [0, 0.1) is 6.92 Å². The van der Waals surface area contributed by atoms with E-state index in [9.17, 15) is 4.79 Å². The van der Waals surface area contributed by atoms with Gasteiger partial charge in [-0.1, -0.05) is 48.0 Å². The van der Waals surface area contributed by atoms with E-state index in [1.165, 1.54) is 0 Å². The fraction of sp³-hybridized carbons (Fsp3) is 0.310. The SMILES string of the molecule is Cc1cccc2cc([C@H](c3nnnn3C[C@H]3CCCO3)N(Cc3ccco3)Cc3ccccc3Cl)c(=O)[nH]c12. The van der Waals surface area contributed by atoms with Gasteiger partial charge in [-0.2, -0.15) is 0 Å². The van der Waals surface area contributed by atoms with Gasteiger partial charge in [0.05, 0.1) is 31.0 Å². The minimum atomic E-state index is -0.601. The molecule has 0 amide bonds. The summed E-state index contributed by atoms with van der Waals surface area (Å²) in [6.07, 6.45) is 3.61. The van der Waals surface area contributed by atoms with Crippen LogP contribution in [-0.4, -0.2) is 42.8 Å². The molecule has 1 aliphatic rings. The molecule has 1 saturated heterocycles. The zero-order valence-corrected chi connectivity index (χ0v) is 22.3. The molecule has 0 unspecified atom stereocenters. The Morgan fingerprint density at radius 1 is 1.15 bits per heavy atom. The summed E-state index contributed by atoms with van der Waals surface area (Å²) in [4.78, 5) is 19.0. The van der Waals surface area contributed by atoms with Gasteiger partial charge in [0.15, 0.2) is 5.82 Å². The van der Waals surface area contributed by atoms with E-state index in [1.54, 1.807) is 10.9 Å². The van der Waals surface area contributed by atoms with E-state index < -0.39 is 6.04 Å². The maximum atomic E-state index is 13.8. The zero-order chi connectivity index (χ0) is 26.8. The van der Waals surface area contributed by atoms with Gasteiger partial charge in [0.25, 0.3) is 5.56 Å². The number of aromatic amines is 1. The highest BCUT2D eigenvalue weighted by Crippen LogP contribution is 2.32. The van der Waals surface area contributed by atoms with E-state index in [1.807, 2.05) is 67.6 Å². The topological polar surface area (TPSA) is 102 Å². The minimum absolute atomic E-state index is 0.0209. The highest BCUT2D eigenvalue weighted by atomic mass is 35.5. The summed E-state index contributed by atoms with van der Waals surface area (Å²) in [5.41, 5.74) is 3.07. The first kappa shape index (κ1) is 25.5. The zero-order valence-electron chi connectivity index (χ0n) is 21.6. The molecule has 0 bridgehead atoms. The molecule has 9 nitrogen and oxygen atoms in total. The number of H-pyrrole nitrogens is 1. The lowest BCUT2D eigenvalue weighted by Crippen LogP contribution is -2.35. The molecule has 1 fully saturated rings. The van der Waals surface area contributed by atoms with E-state index in [2.05, 4.69) is 25.4 Å². The number of halogens is 1. The first-order valence-corrected chi connectivity index (χ1v) is 13.4. The molecule has 3 aromatic heterocycles. The number of pyridine rings is 1. The molecular weight excluding hydrogens is 516 g/mol. The molecule has 39 heavy (non-hydrogen) atoms. The number of benzene rings is 2. The Morgan fingerprint density at radius 3 is 2.85 bits per heavy atom. The minimum Gasteiger partial charge on any atom is -0.468 e. The van der Waals surface area contributed by atoms with Crippen molar-refractivity contribution in [2.24, 2.45) is 0 Å². The van der Waals surface area contributed by atoms with Crippen LogP contribution in [0.2, 0.25) is 5.02 Å². The van der Waals surface area contributed by atoms with Gasteiger partial charge in [-0.3, -0.25) is 9.69 Å². The number of tetrazole rings is 1. The monoisotopic (exact) mass is 544 g/mol. The number of furan rings is 1. The second-order valence-corrected chi connectivity index (χ2v) is 10.3. The van der Waals surface area contributed by atoms with Gasteiger partial charge in [-0.05, 0) is 71.0 Å². The second kappa shape index (κ2) is 11.1. The van der Waals surface area contributed by atoms with E-state index in [0.29, 0.717) is 36.0 Å². The Bertz CT molecular complexity index is 1620. The van der Waals surface area contributed by atoms with Crippen LogP contribution in [0.15, 0.2) is 76.1 Å². The first-order chi connectivity index (χ1) is 19.1. The van der Waals surface area contributed by atoms with Gasteiger partial charge < -0.3 is 14.1 Å². The number of aryl methyl sites for hydroxylation is 1. The van der Waals surface area contributed by atoms with Crippen molar-refractivity contribution in [2.75, 3.05) is 6.61 Å². The van der Waals surface area contributed by atoms with Crippen molar-refractivity contribution in [1.29, 1.82) is 0 Å². The van der Waals surface area contributed by atoms with Crippen molar-refractivity contribution in [2.45, 2.75) is 51.5 Å². The van der Waals surface area contributed by atoms with Gasteiger partial charge in [-0.15, -0.1) is 5.10 Å². The predicted octanol–water partition coefficient (Wildman–Crippen LogP) is 5.04. The van der Waals surface area contributed by atoms with Gasteiger partial charge in [0, 0.05) is 23.7 Å². The molecular formula is C29H29ClN6O3. The smallest absolute Gasteiger partial charge is 0.253 e. The van der Waals surface area contributed by atoms with Crippen LogP contribution >= 0.6 is 11.6 Å². The number of rotatable bonds is 9. The Labute approximate surface area is 230 Å². The molecule has 0 saturated carbocycles. The van der Waals surface area contributed by atoms with Crippen LogP contribution in [0.25, 0.3) is 10.9 Å². The number of nitrogens with one attached hydrogen (secondary N) is 1. The van der Waals surface area contributed by atoms with Gasteiger partial charge in [-0.25, -0.2) is 4.68 Å². The average molecular weight is 545 g/mol. The molecule has 10 heteroatoms. The molecule has 0 spiro atoms. The number of ether oxygens (including phenoxy) is 1. The largest absolute Gasteiger partial charge is 0.468 e. The number of hydrogen-bond acceptors (Lipinski definition) is 7. The summed E-state index contributed by atoms with van der Waals surface area (Å²) in [7, 11) is 0. The standard InChI is InChI=1S/C29H29ClN6O3/c1-19-7-4-9-20-15-24(29(37)31-26(19)20)27(28-32-33-34-36(28)18-23-11-6-14-39-23)35(17-22-10-5-13-38-22)16-21-8-2-3-12-25(21)30/h2-5,7-10,12-13,15,23,27H,6,11,14,16-18H2,1H3,(H,31,37)/t23-,27-/m1/s1. The number of para-hydroxylation sites is 1. The summed E-state index contributed by atoms with van der Waals surface area (Å²) < 4.78 is 13.4. The Balaban J connectivity index is 1.52. The Morgan fingerprint density at radius 2 is 2.05 bits per heavy atom. The number of nitrogens with zero attached hydrogens (tertiary/aromatic N) is 5. The highest BCUT2D eigenvalue weighted by molar-refractivity contribution is 6.31. The van der Waals surface area contributed by atoms with Gasteiger partial charge in [0.2, 0.25) is 0 Å². The molecule has 200 valence electrons. The molecule has 2 atom stereocenters. The van der Waals surface area contributed by atoms with Crippen LogP contribution in [0.5, 0.6) is 0 Å². The normalized spacial score (nSPS) is 16.3. The van der Waals surface area contributed by atoms with Crippen LogP contribution in [0.4, 0.5) is 0 Å². The molecule has 0 radical (unpaired) electrons. The third kappa shape index (κ3) is 5.38. The van der Waals surface area contributed by atoms with Crippen LogP contribution in [0.3, 0.4) is 0 Å². The maximum absolute atomic E-state index is 13.8. The summed E-state index contributed by atoms with van der Waals surface area (Å²) in [5, 5.41) is 14.4. The van der Waals surface area contributed by atoms with E-state index >= 15 is 0 Å². The molecule has 2 aromatic carbocycles. The van der Waals surface area contributed by atoms with Crippen LogP contribution in [-0.2, 0) is 24.4 Å². The average Bonchev–Trinajstić information content (AvgIpc) is 3.72. The summed E-state index contributed by atoms with van der Waals surface area (Å²) >= 11 is 6.62. The lowest BCUT2D eigenvalue weighted by molar-refractivity contribution is 0.0901. The van der Waals surface area contributed by atoms with Crippen LogP contribution in [0.1, 0.15) is 47.2 Å². The third-order valence-electron chi connectivity index (χ3n) is 7.25. The van der Waals surface area contributed by atoms with Gasteiger partial charge in [0.1, 0.15) is 11.8 Å².